The molecule has 0 saturated carbocycles. The molecule has 29 N–H and O–H groups in total. The number of aliphatic carboxylic acids is 1. The number of H-pyrrole nitrogens is 1. The van der Waals surface area contributed by atoms with E-state index in [4.69, 9.17) is 33.8 Å². The van der Waals surface area contributed by atoms with Crippen molar-refractivity contribution in [3.63, 3.8) is 0 Å². The third-order valence-electron chi connectivity index (χ3n) is 19.2. The SMILES string of the molecule is CC[C@H](C)[C@H]1NC(=O)[C@H](CCCNC(=N)N)NC(=O)[C@H](CC(=O)O)NC(=O)[C@H](CCSC)NC(=O)[C@@H]2CCCN2C(=O)CNC(=O)CNC(=O)[C@H](Cc2ccccc2)NC(=O)[C@H](Cc2c[nH]cn2)NC(=O)[C@@H](NC(=O)[C@@H](N)CCSC)CSSC[C@@H](C(=O)N[C@@H](Cc2ccc(O)cc2)C(=O)N[C@@H](CCCNC(=N)N)C(N)=O)NC(=O)[C@H](CO)NC1=O. The number of imidazole rings is 1. The maximum absolute atomic E-state index is 15.1. The van der Waals surface area contributed by atoms with Crippen molar-refractivity contribution in [2.75, 3.05) is 74.9 Å². The van der Waals surface area contributed by atoms with E-state index in [0.717, 1.165) is 21.6 Å². The first-order chi connectivity index (χ1) is 57.6. The van der Waals surface area contributed by atoms with Crippen LogP contribution in [0.4, 0.5) is 0 Å². The summed E-state index contributed by atoms with van der Waals surface area (Å²) in [6.07, 6.45) is 4.43. The maximum Gasteiger partial charge on any atom is 0.305 e. The third-order valence-corrected chi connectivity index (χ3v) is 22.9. The van der Waals surface area contributed by atoms with Gasteiger partial charge in [-0.1, -0.05) is 84.3 Å². The summed E-state index contributed by atoms with van der Waals surface area (Å²) in [6, 6.07) is -6.95. The van der Waals surface area contributed by atoms with Crippen LogP contribution in [0.2, 0.25) is 0 Å². The molecule has 2 aromatic carbocycles. The number of primary amides is 1. The topological polar surface area (TPSA) is 698 Å². The highest BCUT2D eigenvalue weighted by molar-refractivity contribution is 8.76. The average molecular weight is 1770 g/mol. The number of aromatic nitrogens is 2. The minimum absolute atomic E-state index is 0.0203. The normalized spacial score (nSPS) is 22.5. The van der Waals surface area contributed by atoms with Crippen LogP contribution in [0.1, 0.15) is 94.9 Å². The molecule has 15 amide bonds. The molecule has 43 nitrogen and oxygen atoms in total. The Morgan fingerprint density at radius 3 is 1.87 bits per heavy atom. The van der Waals surface area contributed by atoms with Crippen molar-refractivity contribution >= 4 is 152 Å². The molecule has 2 saturated heterocycles. The van der Waals surface area contributed by atoms with Crippen molar-refractivity contribution < 1.29 is 92.0 Å². The van der Waals surface area contributed by atoms with Crippen LogP contribution in [-0.2, 0) is 96.0 Å². The van der Waals surface area contributed by atoms with Crippen LogP contribution in [0.25, 0.3) is 0 Å². The van der Waals surface area contributed by atoms with E-state index in [0.29, 0.717) is 16.9 Å². The van der Waals surface area contributed by atoms with Gasteiger partial charge in [0.05, 0.1) is 44.2 Å². The van der Waals surface area contributed by atoms with Gasteiger partial charge in [0.25, 0.3) is 0 Å². The minimum atomic E-state index is -1.99. The maximum atomic E-state index is 15.1. The summed E-state index contributed by atoms with van der Waals surface area (Å²) in [6.45, 7) is 0.517. The Balaban J connectivity index is 1.64. The van der Waals surface area contributed by atoms with Crippen molar-refractivity contribution in [2.45, 2.75) is 176 Å². The fourth-order valence-corrected chi connectivity index (χ4v) is 15.6. The number of carbonyl (C=O) groups excluding carboxylic acids is 15. The molecule has 3 heterocycles. The van der Waals surface area contributed by atoms with Crippen LogP contribution in [0.5, 0.6) is 5.75 Å². The summed E-state index contributed by atoms with van der Waals surface area (Å²) in [5.41, 5.74) is 24.1. The minimum Gasteiger partial charge on any atom is -0.508 e. The van der Waals surface area contributed by atoms with E-state index in [1.54, 1.807) is 49.8 Å². The Morgan fingerprint density at radius 2 is 1.23 bits per heavy atom. The van der Waals surface area contributed by atoms with E-state index in [2.05, 4.69) is 89.7 Å². The van der Waals surface area contributed by atoms with Gasteiger partial charge < -0.3 is 128 Å². The zero-order valence-corrected chi connectivity index (χ0v) is 70.7. The molecular formula is C74H112N24O19S4. The number of phenols is 1. The molecule has 3 aromatic rings. The zero-order valence-electron chi connectivity index (χ0n) is 67.4. The number of carboxylic acids is 1. The number of aromatic hydroxyl groups is 1. The van der Waals surface area contributed by atoms with Gasteiger partial charge in [0.1, 0.15) is 78.3 Å². The highest BCUT2D eigenvalue weighted by Gasteiger charge is 2.41. The Hall–Kier alpha value is -11.2. The van der Waals surface area contributed by atoms with Gasteiger partial charge in [-0.05, 0) is 105 Å². The number of phenolic OH excluding ortho intramolecular Hbond substituents is 1. The van der Waals surface area contributed by atoms with Crippen LogP contribution in [0, 0.1) is 16.7 Å². The van der Waals surface area contributed by atoms with E-state index >= 15 is 4.79 Å². The zero-order chi connectivity index (χ0) is 89.3. The lowest BCUT2D eigenvalue weighted by molar-refractivity contribution is -0.142. The molecule has 0 radical (unpaired) electrons. The van der Waals surface area contributed by atoms with Crippen LogP contribution in [0.15, 0.2) is 67.1 Å². The number of nitrogens with one attached hydrogen (secondary N) is 18. The van der Waals surface area contributed by atoms with Gasteiger partial charge in [-0.2, -0.15) is 23.5 Å². The highest BCUT2D eigenvalue weighted by Crippen LogP contribution is 2.25. The Kier molecular flexibility index (Phi) is 43.8. The van der Waals surface area contributed by atoms with E-state index in [9.17, 15) is 87.2 Å². The number of hydrogen-bond donors (Lipinski definition) is 25. The fraction of sp³-hybridized carbons (Fsp3) is 0.554. The first kappa shape index (κ1) is 100. The molecule has 121 heavy (non-hydrogen) atoms. The number of fused-ring (bicyclic) bond motifs is 1. The number of hydrogen-bond acceptors (Lipinski definition) is 26. The second kappa shape index (κ2) is 52.8. The molecule has 47 heteroatoms. The molecule has 0 spiro atoms. The Bertz CT molecular complexity index is 4030. The molecule has 2 aliphatic heterocycles. The molecule has 5 rings (SSSR count). The van der Waals surface area contributed by atoms with Gasteiger partial charge in [-0.3, -0.25) is 87.5 Å². The predicted molar refractivity (Wildman–Crippen MR) is 451 cm³/mol. The highest BCUT2D eigenvalue weighted by atomic mass is 33.1. The van der Waals surface area contributed by atoms with Crippen LogP contribution < -0.4 is 103 Å². The van der Waals surface area contributed by atoms with Crippen LogP contribution in [0.3, 0.4) is 0 Å². The van der Waals surface area contributed by atoms with Crippen LogP contribution in [-0.4, -0.2) is 290 Å². The van der Waals surface area contributed by atoms with Crippen molar-refractivity contribution in [1.82, 2.24) is 94.6 Å². The number of aromatic amines is 1. The largest absolute Gasteiger partial charge is 0.508 e. The number of carboxylic acid groups (broad SMARTS) is 1. The summed E-state index contributed by atoms with van der Waals surface area (Å²) >= 11 is 2.64. The lowest BCUT2D eigenvalue weighted by Crippen LogP contribution is -2.62. The number of nitrogens with two attached hydrogens (primary N) is 4. The molecule has 0 aliphatic carbocycles. The summed E-state index contributed by atoms with van der Waals surface area (Å²) in [5, 5.41) is 84.5. The number of aliphatic hydroxyl groups is 1. The average Bonchev–Trinajstić information content (AvgIpc) is 1.78. The van der Waals surface area contributed by atoms with Crippen molar-refractivity contribution in [3.05, 3.63) is 83.9 Å². The molecule has 1 aromatic heterocycles. The molecule has 2 aliphatic rings. The molecule has 0 bridgehead atoms. The number of rotatable bonds is 32. The van der Waals surface area contributed by atoms with Crippen molar-refractivity contribution in [2.24, 2.45) is 28.9 Å². The molecule has 2 fully saturated rings. The quantitative estimate of drug-likeness (QED) is 0.0120. The summed E-state index contributed by atoms with van der Waals surface area (Å²) in [4.78, 5) is 236. The fourth-order valence-electron chi connectivity index (χ4n) is 12.3. The van der Waals surface area contributed by atoms with Gasteiger partial charge in [-0.15, -0.1) is 0 Å². The first-order valence-electron chi connectivity index (χ1n) is 38.9. The molecular weight excluding hydrogens is 1660 g/mol. The van der Waals surface area contributed by atoms with Gasteiger partial charge in [0.2, 0.25) is 88.6 Å². The number of carbonyl (C=O) groups is 16. The summed E-state index contributed by atoms with van der Waals surface area (Å²) in [7, 11) is 1.61. The lowest BCUT2D eigenvalue weighted by atomic mass is 9.97. The monoisotopic (exact) mass is 1770 g/mol. The van der Waals surface area contributed by atoms with Crippen LogP contribution >= 0.6 is 45.1 Å². The van der Waals surface area contributed by atoms with Gasteiger partial charge in [0, 0.05) is 56.6 Å². The first-order valence-corrected chi connectivity index (χ1v) is 44.2. The van der Waals surface area contributed by atoms with E-state index in [1.165, 1.54) is 72.1 Å². The van der Waals surface area contributed by atoms with Gasteiger partial charge >= 0.3 is 5.97 Å². The van der Waals surface area contributed by atoms with Gasteiger partial charge in [-0.25, -0.2) is 4.98 Å². The second-order valence-corrected chi connectivity index (χ2v) is 33.0. The number of amides is 15. The van der Waals surface area contributed by atoms with Crippen molar-refractivity contribution in [1.29, 1.82) is 10.8 Å². The molecule has 666 valence electrons. The number of thioether (sulfide) groups is 2. The molecule has 0 unspecified atom stereocenters. The number of benzene rings is 2. The Labute approximate surface area is 714 Å². The standard InChI is InChI=1S/C74H112N24O19S4/c1-5-39(2)59-72(117)94-52(35-99)68(113)96-54(70(115)91-49(29-41-17-19-43(100)20-18-41)65(110)87-45(60(76)105)14-9-23-82-73(77)78)37-121-120-36-53(95-61(106)44(75)21-26-118-3)69(114)92-50(30-42-32-81-38-86-42)66(111)90-48(28-40-12-7-6-8-13-40)62(107)85-33-56(101)84-34-57(102)98-25-11-16-55(98)71(116)89-47(22-27-119-4)63(108)93-51(31-58(103)104)67(112)88-46(64(109)97-59)15-10-24-83-74(79)80/h6-8,12-13,17-20,32,38-39,44-55,59,99-100H,5,9-11,14-16,21-31,33-37,75H2,1-4H3,(H2,76,105)(H,81,86)(H,84,101)(H,85,107)(H,87,110)(H,88,112)(H,89,116)(H,90,111)(H,91,115)(H,92,114)(H,93,108)(H,94,117)(H,95,106)(H,96,113)(H,97,109)(H,103,104)(H4,77,78,82)(H4,79,80,83)/t39-,44-,45-,46-,47-,48-,49-,50-,51-,52-,53-,54-,55-,59+/m0/s1. The number of aliphatic hydroxyl groups excluding tert-OH is 1. The Morgan fingerprint density at radius 1 is 0.636 bits per heavy atom. The number of guanidine groups is 2. The molecule has 14 atom stereocenters. The van der Waals surface area contributed by atoms with E-state index in [1.807, 2.05) is 0 Å². The van der Waals surface area contributed by atoms with E-state index < -0.39 is 223 Å². The smallest absolute Gasteiger partial charge is 0.305 e. The number of nitrogens with zero attached hydrogens (tertiary/aromatic N) is 2. The predicted octanol–water partition coefficient (Wildman–Crippen LogP) is -6.55. The summed E-state index contributed by atoms with van der Waals surface area (Å²) in [5.74, 6) is -18.9. The van der Waals surface area contributed by atoms with E-state index in [-0.39, 0.29) is 120 Å². The second-order valence-electron chi connectivity index (χ2n) is 28.4. The van der Waals surface area contributed by atoms with Gasteiger partial charge in [0.15, 0.2) is 11.9 Å². The van der Waals surface area contributed by atoms with Crippen molar-refractivity contribution in [3.8, 4) is 5.75 Å². The lowest BCUT2D eigenvalue weighted by Gasteiger charge is -2.29. The summed E-state index contributed by atoms with van der Waals surface area (Å²) < 4.78 is 0. The third kappa shape index (κ3) is 35.6.